The average Bonchev–Trinajstić information content (AvgIpc) is 2.79. The molecule has 1 aromatic rings. The van der Waals surface area contributed by atoms with Gasteiger partial charge in [0.05, 0.1) is 7.11 Å². The molecule has 3 heteroatoms. The van der Waals surface area contributed by atoms with Crippen LogP contribution in [-0.4, -0.2) is 37.1 Å². The Morgan fingerprint density at radius 3 is 2.70 bits per heavy atom. The highest BCUT2D eigenvalue weighted by Crippen LogP contribution is 2.46. The summed E-state index contributed by atoms with van der Waals surface area (Å²) in [5.41, 5.74) is 2.63. The standard InChI is InChI=1S/C20H27NO2/c1-4-15-11-19-17(13-20(22)23-3)16(12-18(15)21(19)2)10-14-8-6-5-7-9-14/h5-9,13,15-16,18-19H,4,10-12H2,1-3H3/b17-13+/t15-,16-,18+,19+/m0/s1. The van der Waals surface area contributed by atoms with Crippen LogP contribution in [0, 0.1) is 11.8 Å². The van der Waals surface area contributed by atoms with Gasteiger partial charge in [0.1, 0.15) is 0 Å². The second-order valence-electron chi connectivity index (χ2n) is 6.94. The third-order valence-electron chi connectivity index (χ3n) is 5.80. The first-order valence-corrected chi connectivity index (χ1v) is 8.69. The number of benzene rings is 1. The molecule has 4 atom stereocenters. The Morgan fingerprint density at radius 2 is 2.04 bits per heavy atom. The lowest BCUT2D eigenvalue weighted by Gasteiger charge is -2.39. The molecule has 0 spiro atoms. The van der Waals surface area contributed by atoms with Crippen molar-refractivity contribution in [2.24, 2.45) is 11.8 Å². The van der Waals surface area contributed by atoms with Gasteiger partial charge in [-0.3, -0.25) is 4.90 Å². The van der Waals surface area contributed by atoms with E-state index in [-0.39, 0.29) is 5.97 Å². The van der Waals surface area contributed by atoms with Crippen LogP contribution < -0.4 is 0 Å². The van der Waals surface area contributed by atoms with E-state index in [1.807, 2.05) is 0 Å². The van der Waals surface area contributed by atoms with Crippen molar-refractivity contribution in [1.82, 2.24) is 4.90 Å². The zero-order valence-electron chi connectivity index (χ0n) is 14.4. The second-order valence-corrected chi connectivity index (χ2v) is 6.94. The number of rotatable bonds is 4. The van der Waals surface area contributed by atoms with Crippen LogP contribution in [0.15, 0.2) is 42.0 Å². The number of ether oxygens (including phenoxy) is 1. The molecular weight excluding hydrogens is 286 g/mol. The largest absolute Gasteiger partial charge is 0.466 e. The van der Waals surface area contributed by atoms with E-state index in [4.69, 9.17) is 4.74 Å². The quantitative estimate of drug-likeness (QED) is 0.630. The molecule has 1 aromatic carbocycles. The van der Waals surface area contributed by atoms with E-state index in [0.717, 1.165) is 18.8 Å². The molecule has 3 rings (SSSR count). The van der Waals surface area contributed by atoms with Crippen molar-refractivity contribution in [1.29, 1.82) is 0 Å². The number of likely N-dealkylation sites (N-methyl/N-ethyl adjacent to an activating group) is 1. The fourth-order valence-corrected chi connectivity index (χ4v) is 4.55. The van der Waals surface area contributed by atoms with Gasteiger partial charge in [-0.15, -0.1) is 0 Å². The summed E-state index contributed by atoms with van der Waals surface area (Å²) < 4.78 is 4.91. The van der Waals surface area contributed by atoms with Crippen LogP contribution in [0.4, 0.5) is 0 Å². The molecule has 2 heterocycles. The molecule has 2 saturated heterocycles. The predicted octanol–water partition coefficient (Wildman–Crippen LogP) is 3.45. The summed E-state index contributed by atoms with van der Waals surface area (Å²) in [5.74, 6) is 0.968. The molecule has 2 aliphatic rings. The maximum Gasteiger partial charge on any atom is 0.330 e. The van der Waals surface area contributed by atoms with Crippen LogP contribution in [0.1, 0.15) is 31.7 Å². The number of hydrogen-bond acceptors (Lipinski definition) is 3. The molecule has 0 saturated carbocycles. The van der Waals surface area contributed by atoms with Crippen molar-refractivity contribution in [2.45, 2.75) is 44.7 Å². The SMILES string of the molecule is CC[C@H]1C[C@@H]2/C(=C/C(=O)OC)[C@@H](Cc3ccccc3)C[C@H]1N2C. The monoisotopic (exact) mass is 313 g/mol. The molecule has 0 aliphatic carbocycles. The first-order chi connectivity index (χ1) is 11.1. The molecule has 0 amide bonds. The van der Waals surface area contributed by atoms with E-state index < -0.39 is 0 Å². The topological polar surface area (TPSA) is 29.5 Å². The summed E-state index contributed by atoms with van der Waals surface area (Å²) in [4.78, 5) is 14.4. The van der Waals surface area contributed by atoms with E-state index >= 15 is 0 Å². The molecule has 2 bridgehead atoms. The lowest BCUT2D eigenvalue weighted by molar-refractivity contribution is -0.135. The minimum absolute atomic E-state index is 0.218. The number of carbonyl (C=O) groups is 1. The number of fused-ring (bicyclic) bond motifs is 2. The lowest BCUT2D eigenvalue weighted by Crippen LogP contribution is -2.43. The van der Waals surface area contributed by atoms with Crippen LogP contribution in [-0.2, 0) is 16.0 Å². The van der Waals surface area contributed by atoms with Crippen molar-refractivity contribution in [3.05, 3.63) is 47.5 Å². The summed E-state index contributed by atoms with van der Waals surface area (Å²) in [6.07, 6.45) is 6.31. The molecule has 124 valence electrons. The van der Waals surface area contributed by atoms with Crippen LogP contribution in [0.25, 0.3) is 0 Å². The van der Waals surface area contributed by atoms with Crippen molar-refractivity contribution in [3.63, 3.8) is 0 Å². The summed E-state index contributed by atoms with van der Waals surface area (Å²) in [6, 6.07) is 11.7. The number of piperidine rings is 1. The van der Waals surface area contributed by atoms with Crippen LogP contribution in [0.2, 0.25) is 0 Å². The van der Waals surface area contributed by atoms with Crippen LogP contribution >= 0.6 is 0 Å². The molecule has 2 aliphatic heterocycles. The van der Waals surface area contributed by atoms with E-state index in [1.165, 1.54) is 31.1 Å². The molecule has 2 fully saturated rings. The Bertz CT molecular complexity index is 581. The molecule has 23 heavy (non-hydrogen) atoms. The average molecular weight is 313 g/mol. The first-order valence-electron chi connectivity index (χ1n) is 8.69. The Balaban J connectivity index is 1.90. The van der Waals surface area contributed by atoms with Gasteiger partial charge in [0.25, 0.3) is 0 Å². The van der Waals surface area contributed by atoms with Gasteiger partial charge >= 0.3 is 5.97 Å². The van der Waals surface area contributed by atoms with E-state index in [2.05, 4.69) is 49.2 Å². The smallest absolute Gasteiger partial charge is 0.330 e. The number of carbonyl (C=O) groups excluding carboxylic acids is 1. The van der Waals surface area contributed by atoms with Gasteiger partial charge in [-0.1, -0.05) is 43.7 Å². The Morgan fingerprint density at radius 1 is 1.30 bits per heavy atom. The van der Waals surface area contributed by atoms with Gasteiger partial charge in [-0.2, -0.15) is 0 Å². The highest BCUT2D eigenvalue weighted by molar-refractivity contribution is 5.83. The maximum absolute atomic E-state index is 11.9. The Kier molecular flexibility index (Phi) is 4.86. The molecular formula is C20H27NO2. The highest BCUT2D eigenvalue weighted by atomic mass is 16.5. The van der Waals surface area contributed by atoms with Gasteiger partial charge in [0, 0.05) is 18.2 Å². The van der Waals surface area contributed by atoms with Gasteiger partial charge < -0.3 is 4.74 Å². The summed E-state index contributed by atoms with van der Waals surface area (Å²) in [5, 5.41) is 0. The van der Waals surface area contributed by atoms with Crippen molar-refractivity contribution >= 4 is 5.97 Å². The molecule has 3 nitrogen and oxygen atoms in total. The van der Waals surface area contributed by atoms with Crippen molar-refractivity contribution in [3.8, 4) is 0 Å². The second kappa shape index (κ2) is 6.88. The normalized spacial score (nSPS) is 32.2. The zero-order valence-corrected chi connectivity index (χ0v) is 14.4. The van der Waals surface area contributed by atoms with Gasteiger partial charge in [-0.05, 0) is 49.3 Å². The molecule has 0 radical (unpaired) electrons. The zero-order chi connectivity index (χ0) is 16.4. The van der Waals surface area contributed by atoms with E-state index in [0.29, 0.717) is 18.0 Å². The lowest BCUT2D eigenvalue weighted by atomic mass is 9.81. The third kappa shape index (κ3) is 3.20. The van der Waals surface area contributed by atoms with Gasteiger partial charge in [0.15, 0.2) is 0 Å². The molecule has 0 aromatic heterocycles. The third-order valence-corrected chi connectivity index (χ3v) is 5.80. The highest BCUT2D eigenvalue weighted by Gasteiger charge is 2.46. The fraction of sp³-hybridized carbons (Fsp3) is 0.550. The maximum atomic E-state index is 11.9. The summed E-state index contributed by atoms with van der Waals surface area (Å²) >= 11 is 0. The van der Waals surface area contributed by atoms with Gasteiger partial charge in [-0.25, -0.2) is 4.79 Å². The predicted molar refractivity (Wildman–Crippen MR) is 92.1 cm³/mol. The first kappa shape index (κ1) is 16.3. The van der Waals surface area contributed by atoms with Crippen molar-refractivity contribution in [2.75, 3.05) is 14.2 Å². The Labute approximate surface area is 139 Å². The van der Waals surface area contributed by atoms with Crippen LogP contribution in [0.3, 0.4) is 0 Å². The van der Waals surface area contributed by atoms with E-state index in [1.54, 1.807) is 6.08 Å². The van der Waals surface area contributed by atoms with Crippen LogP contribution in [0.5, 0.6) is 0 Å². The minimum Gasteiger partial charge on any atom is -0.466 e. The molecule has 0 N–H and O–H groups in total. The Hall–Kier alpha value is -1.61. The summed E-state index contributed by atoms with van der Waals surface area (Å²) in [7, 11) is 3.68. The van der Waals surface area contributed by atoms with Crippen molar-refractivity contribution < 1.29 is 9.53 Å². The number of methoxy groups -OCH3 is 1. The minimum atomic E-state index is -0.218. The van der Waals surface area contributed by atoms with E-state index in [9.17, 15) is 4.79 Å². The fourth-order valence-electron chi connectivity index (χ4n) is 4.55. The summed E-state index contributed by atoms with van der Waals surface area (Å²) in [6.45, 7) is 2.29. The number of nitrogens with zero attached hydrogens (tertiary/aromatic N) is 1. The number of esters is 1. The number of hydrogen-bond donors (Lipinski definition) is 0. The van der Waals surface area contributed by atoms with Gasteiger partial charge in [0.2, 0.25) is 0 Å². The molecule has 0 unspecified atom stereocenters.